The average molecular weight is 446 g/mol. The highest BCUT2D eigenvalue weighted by Gasteiger charge is 2.55. The molecule has 0 spiro atoms. The lowest BCUT2D eigenvalue weighted by Gasteiger charge is -2.29. The molecule has 1 heterocycles. The SMILES string of the molecule is CC(C)(C)OC(=O)N1C[C@@](Oc2ccc(F)cc2Br)(C(N)=O)C[C@H]1C(N)=O. The van der Waals surface area contributed by atoms with Gasteiger partial charge in [-0.2, -0.15) is 0 Å². The summed E-state index contributed by atoms with van der Waals surface area (Å²) in [5.41, 5.74) is 8.38. The number of carbonyl (C=O) groups excluding carboxylic acids is 3. The standard InChI is InChI=1S/C17H21BrFN3O5/c1-16(2,3)27-15(25)22-8-17(14(21)24,7-11(22)13(20)23)26-12-5-4-9(19)6-10(12)18/h4-6,11H,7-8H2,1-3H3,(H2,20,23)(H2,21,24)/t11-,17+/m0/s1. The molecule has 1 aliphatic heterocycles. The summed E-state index contributed by atoms with van der Waals surface area (Å²) in [5, 5.41) is 0. The zero-order valence-corrected chi connectivity index (χ0v) is 16.7. The lowest BCUT2D eigenvalue weighted by atomic mass is 9.98. The smallest absolute Gasteiger partial charge is 0.411 e. The van der Waals surface area contributed by atoms with E-state index < -0.39 is 41.0 Å². The molecule has 2 atom stereocenters. The van der Waals surface area contributed by atoms with E-state index in [9.17, 15) is 18.8 Å². The van der Waals surface area contributed by atoms with Crippen LogP contribution < -0.4 is 16.2 Å². The first-order valence-electron chi connectivity index (χ1n) is 8.07. The largest absolute Gasteiger partial charge is 0.474 e. The maximum absolute atomic E-state index is 13.3. The van der Waals surface area contributed by atoms with Gasteiger partial charge in [-0.3, -0.25) is 14.5 Å². The Kier molecular flexibility index (Phi) is 5.69. The van der Waals surface area contributed by atoms with Crippen molar-refractivity contribution in [3.8, 4) is 5.75 Å². The van der Waals surface area contributed by atoms with Crippen molar-refractivity contribution < 1.29 is 28.2 Å². The van der Waals surface area contributed by atoms with Crippen molar-refractivity contribution in [3.05, 3.63) is 28.5 Å². The van der Waals surface area contributed by atoms with E-state index >= 15 is 0 Å². The van der Waals surface area contributed by atoms with Crippen molar-refractivity contribution in [2.24, 2.45) is 11.5 Å². The number of nitrogens with zero attached hydrogens (tertiary/aromatic N) is 1. The topological polar surface area (TPSA) is 125 Å². The molecule has 148 valence electrons. The van der Waals surface area contributed by atoms with Gasteiger partial charge in [0, 0.05) is 6.42 Å². The van der Waals surface area contributed by atoms with Crippen LogP contribution in [0.2, 0.25) is 0 Å². The first kappa shape index (κ1) is 20.9. The van der Waals surface area contributed by atoms with Crippen LogP contribution in [0.3, 0.4) is 0 Å². The molecule has 3 amide bonds. The fraction of sp³-hybridized carbons (Fsp3) is 0.471. The van der Waals surface area contributed by atoms with Crippen LogP contribution in [-0.4, -0.2) is 46.6 Å². The van der Waals surface area contributed by atoms with E-state index in [0.717, 1.165) is 17.0 Å². The van der Waals surface area contributed by atoms with Crippen LogP contribution in [0.1, 0.15) is 27.2 Å². The van der Waals surface area contributed by atoms with E-state index in [2.05, 4.69) is 15.9 Å². The molecule has 8 nitrogen and oxygen atoms in total. The van der Waals surface area contributed by atoms with Crippen LogP contribution in [0.25, 0.3) is 0 Å². The van der Waals surface area contributed by atoms with Gasteiger partial charge >= 0.3 is 6.09 Å². The molecular formula is C17H21BrFN3O5. The van der Waals surface area contributed by atoms with Crippen molar-refractivity contribution >= 4 is 33.8 Å². The van der Waals surface area contributed by atoms with Crippen LogP contribution in [0.4, 0.5) is 9.18 Å². The second kappa shape index (κ2) is 7.34. The van der Waals surface area contributed by atoms with Crippen molar-refractivity contribution in [1.82, 2.24) is 4.90 Å². The molecule has 1 fully saturated rings. The Hall–Kier alpha value is -2.36. The molecule has 0 unspecified atom stereocenters. The Labute approximate surface area is 164 Å². The molecule has 1 aromatic rings. The van der Waals surface area contributed by atoms with Crippen molar-refractivity contribution in [3.63, 3.8) is 0 Å². The number of rotatable bonds is 4. The molecule has 10 heteroatoms. The second-order valence-electron chi connectivity index (χ2n) is 7.27. The number of hydrogen-bond donors (Lipinski definition) is 2. The van der Waals surface area contributed by atoms with Gasteiger partial charge in [-0.15, -0.1) is 0 Å². The molecule has 4 N–H and O–H groups in total. The summed E-state index contributed by atoms with van der Waals surface area (Å²) in [4.78, 5) is 37.6. The van der Waals surface area contributed by atoms with Crippen LogP contribution >= 0.6 is 15.9 Å². The van der Waals surface area contributed by atoms with Crippen molar-refractivity contribution in [2.75, 3.05) is 6.54 Å². The fourth-order valence-electron chi connectivity index (χ4n) is 2.71. The molecule has 27 heavy (non-hydrogen) atoms. The first-order chi connectivity index (χ1) is 12.3. The molecule has 0 bridgehead atoms. The van der Waals surface area contributed by atoms with E-state index in [1.54, 1.807) is 20.8 Å². The zero-order valence-electron chi connectivity index (χ0n) is 15.1. The normalized spacial score (nSPS) is 22.4. The third-order valence-electron chi connectivity index (χ3n) is 3.93. The minimum Gasteiger partial charge on any atom is -0.474 e. The van der Waals surface area contributed by atoms with E-state index in [1.807, 2.05) is 0 Å². The Morgan fingerprint density at radius 1 is 1.30 bits per heavy atom. The number of likely N-dealkylation sites (tertiary alicyclic amines) is 1. The highest BCUT2D eigenvalue weighted by atomic mass is 79.9. The number of halogens is 2. The number of nitrogens with two attached hydrogens (primary N) is 2. The Morgan fingerprint density at radius 3 is 2.41 bits per heavy atom. The minimum atomic E-state index is -1.73. The predicted octanol–water partition coefficient (Wildman–Crippen LogP) is 1.69. The highest BCUT2D eigenvalue weighted by Crippen LogP contribution is 2.36. The van der Waals surface area contributed by atoms with Gasteiger partial charge in [0.15, 0.2) is 0 Å². The van der Waals surface area contributed by atoms with Crippen LogP contribution in [0, 0.1) is 5.82 Å². The monoisotopic (exact) mass is 445 g/mol. The second-order valence-corrected chi connectivity index (χ2v) is 8.12. The van der Waals surface area contributed by atoms with Gasteiger partial charge in [0.1, 0.15) is 23.2 Å². The molecule has 1 aliphatic rings. The molecule has 0 aliphatic carbocycles. The van der Waals surface area contributed by atoms with Gasteiger partial charge < -0.3 is 20.9 Å². The van der Waals surface area contributed by atoms with Gasteiger partial charge in [0.05, 0.1) is 11.0 Å². The van der Waals surface area contributed by atoms with Gasteiger partial charge in [0.2, 0.25) is 11.5 Å². The number of ether oxygens (including phenoxy) is 2. The maximum Gasteiger partial charge on any atom is 0.411 e. The lowest BCUT2D eigenvalue weighted by Crippen LogP contribution is -2.52. The van der Waals surface area contributed by atoms with E-state index in [4.69, 9.17) is 20.9 Å². The number of benzene rings is 1. The average Bonchev–Trinajstić information content (AvgIpc) is 2.90. The van der Waals surface area contributed by atoms with Gasteiger partial charge in [-0.05, 0) is 54.9 Å². The molecule has 0 radical (unpaired) electrons. The van der Waals surface area contributed by atoms with Gasteiger partial charge in [0.25, 0.3) is 5.91 Å². The summed E-state index contributed by atoms with van der Waals surface area (Å²) in [5.74, 6) is -2.11. The minimum absolute atomic E-state index is 0.129. The lowest BCUT2D eigenvalue weighted by molar-refractivity contribution is -0.132. The van der Waals surface area contributed by atoms with E-state index in [1.165, 1.54) is 6.07 Å². The number of primary amides is 2. The van der Waals surface area contributed by atoms with E-state index in [-0.39, 0.29) is 23.2 Å². The summed E-state index contributed by atoms with van der Waals surface area (Å²) in [7, 11) is 0. The molecule has 0 aromatic heterocycles. The fourth-order valence-corrected chi connectivity index (χ4v) is 3.14. The third-order valence-corrected chi connectivity index (χ3v) is 4.55. The Bertz CT molecular complexity index is 782. The van der Waals surface area contributed by atoms with Crippen molar-refractivity contribution in [2.45, 2.75) is 44.4 Å². The summed E-state index contributed by atoms with van der Waals surface area (Å²) in [6.07, 6.45) is -1.07. The van der Waals surface area contributed by atoms with Crippen LogP contribution in [0.15, 0.2) is 22.7 Å². The summed E-state index contributed by atoms with van der Waals surface area (Å²) in [6.45, 7) is 4.64. The van der Waals surface area contributed by atoms with Crippen LogP contribution in [0.5, 0.6) is 5.75 Å². The van der Waals surface area contributed by atoms with E-state index in [0.29, 0.717) is 0 Å². The molecule has 1 aromatic carbocycles. The first-order valence-corrected chi connectivity index (χ1v) is 8.87. The Morgan fingerprint density at radius 2 is 1.93 bits per heavy atom. The Balaban J connectivity index is 2.38. The zero-order chi connectivity index (χ0) is 20.6. The van der Waals surface area contributed by atoms with Crippen LogP contribution in [-0.2, 0) is 14.3 Å². The molecule has 2 rings (SSSR count). The summed E-state index contributed by atoms with van der Waals surface area (Å²) in [6, 6.07) is 2.45. The number of amides is 3. The molecular weight excluding hydrogens is 425 g/mol. The highest BCUT2D eigenvalue weighted by molar-refractivity contribution is 9.10. The quantitative estimate of drug-likeness (QED) is 0.728. The number of carbonyl (C=O) groups is 3. The molecule has 1 saturated heterocycles. The summed E-state index contributed by atoms with van der Waals surface area (Å²) < 4.78 is 24.6. The molecule has 0 saturated carbocycles. The number of hydrogen-bond acceptors (Lipinski definition) is 5. The predicted molar refractivity (Wildman–Crippen MR) is 97.2 cm³/mol. The van der Waals surface area contributed by atoms with Gasteiger partial charge in [-0.1, -0.05) is 0 Å². The van der Waals surface area contributed by atoms with Gasteiger partial charge in [-0.25, -0.2) is 9.18 Å². The third kappa shape index (κ3) is 4.68. The summed E-state index contributed by atoms with van der Waals surface area (Å²) >= 11 is 3.14. The maximum atomic E-state index is 13.3. The van der Waals surface area contributed by atoms with Crippen molar-refractivity contribution in [1.29, 1.82) is 0 Å².